The van der Waals surface area contributed by atoms with Gasteiger partial charge in [-0.25, -0.2) is 0 Å². The van der Waals surface area contributed by atoms with E-state index >= 15 is 0 Å². The minimum Gasteiger partial charge on any atom is -0.496 e. The molecule has 4 heteroatoms. The molecule has 1 aromatic carbocycles. The molecule has 0 spiro atoms. The first kappa shape index (κ1) is 15.6. The highest BCUT2D eigenvalue weighted by molar-refractivity contribution is 5.64. The monoisotopic (exact) mass is 309 g/mol. The molecule has 0 saturated heterocycles. The van der Waals surface area contributed by atoms with Gasteiger partial charge >= 0.3 is 0 Å². The number of aromatic nitrogens is 2. The molecule has 0 bridgehead atoms. The predicted molar refractivity (Wildman–Crippen MR) is 90.1 cm³/mol. The Morgan fingerprint density at radius 1 is 1.26 bits per heavy atom. The number of ether oxygens (including phenoxy) is 1. The summed E-state index contributed by atoms with van der Waals surface area (Å²) < 4.78 is 7.39. The van der Waals surface area contributed by atoms with Crippen molar-refractivity contribution < 1.29 is 4.74 Å². The first-order valence-corrected chi connectivity index (χ1v) is 8.37. The number of benzene rings is 1. The van der Waals surface area contributed by atoms with Gasteiger partial charge in [0.2, 0.25) is 0 Å². The summed E-state index contributed by atoms with van der Waals surface area (Å²) >= 11 is 0. The summed E-state index contributed by atoms with van der Waals surface area (Å²) in [5.41, 5.74) is 3.11. The topological polar surface area (TPSA) is 50.8 Å². The number of nitriles is 1. The highest BCUT2D eigenvalue weighted by Crippen LogP contribution is 2.28. The van der Waals surface area contributed by atoms with Gasteiger partial charge in [0.05, 0.1) is 25.8 Å². The van der Waals surface area contributed by atoms with Gasteiger partial charge in [-0.1, -0.05) is 25.3 Å². The fraction of sp³-hybridized carbons (Fsp3) is 0.474. The maximum Gasteiger partial charge on any atom is 0.123 e. The molecule has 1 aromatic heterocycles. The van der Waals surface area contributed by atoms with E-state index in [1.807, 2.05) is 24.4 Å². The first-order valence-electron chi connectivity index (χ1n) is 8.37. The van der Waals surface area contributed by atoms with Crippen LogP contribution in [0.1, 0.15) is 37.7 Å². The highest BCUT2D eigenvalue weighted by Gasteiger charge is 2.15. The van der Waals surface area contributed by atoms with E-state index in [4.69, 9.17) is 10.00 Å². The van der Waals surface area contributed by atoms with Gasteiger partial charge in [0, 0.05) is 23.9 Å². The van der Waals surface area contributed by atoms with E-state index in [2.05, 4.69) is 22.0 Å². The van der Waals surface area contributed by atoms with Crippen molar-refractivity contribution in [2.75, 3.05) is 7.11 Å². The van der Waals surface area contributed by atoms with E-state index < -0.39 is 0 Å². The third-order valence-electron chi connectivity index (χ3n) is 4.69. The Balaban J connectivity index is 1.77. The van der Waals surface area contributed by atoms with E-state index in [0.717, 1.165) is 34.9 Å². The second-order valence-corrected chi connectivity index (χ2v) is 6.32. The summed E-state index contributed by atoms with van der Waals surface area (Å²) in [5, 5.41) is 13.5. The van der Waals surface area contributed by atoms with Crippen molar-refractivity contribution in [3.63, 3.8) is 0 Å². The van der Waals surface area contributed by atoms with Crippen LogP contribution in [0.15, 0.2) is 30.6 Å². The molecule has 0 radical (unpaired) electrons. The van der Waals surface area contributed by atoms with E-state index in [9.17, 15) is 0 Å². The number of rotatable bonds is 5. The predicted octanol–water partition coefficient (Wildman–Crippen LogP) is 4.21. The Bertz CT molecular complexity index is 693. The molecular formula is C19H23N3O. The van der Waals surface area contributed by atoms with Crippen molar-refractivity contribution in [3.8, 4) is 22.9 Å². The average Bonchev–Trinajstić information content (AvgIpc) is 3.04. The summed E-state index contributed by atoms with van der Waals surface area (Å²) in [4.78, 5) is 0. The number of hydrogen-bond acceptors (Lipinski definition) is 3. The van der Waals surface area contributed by atoms with Gasteiger partial charge in [-0.2, -0.15) is 10.4 Å². The molecule has 1 heterocycles. The Morgan fingerprint density at radius 2 is 2.09 bits per heavy atom. The van der Waals surface area contributed by atoms with E-state index in [-0.39, 0.29) is 0 Å². The molecule has 0 atom stereocenters. The van der Waals surface area contributed by atoms with Crippen molar-refractivity contribution in [2.24, 2.45) is 5.92 Å². The maximum absolute atomic E-state index is 8.97. The molecular weight excluding hydrogens is 286 g/mol. The average molecular weight is 309 g/mol. The standard InChI is InChI=1S/C19H23N3O/c1-23-19-8-7-16(11-17(19)9-10-20)18-12-21-22(14-18)13-15-5-3-2-4-6-15/h7-8,11-12,14-15H,2-6,9,13H2,1H3. The molecule has 23 heavy (non-hydrogen) atoms. The molecule has 1 saturated carbocycles. The van der Waals surface area contributed by atoms with Gasteiger partial charge in [0.25, 0.3) is 0 Å². The Hall–Kier alpha value is -2.28. The van der Waals surface area contributed by atoms with Gasteiger partial charge in [-0.3, -0.25) is 4.68 Å². The molecule has 120 valence electrons. The molecule has 0 amide bonds. The Labute approximate surface area is 137 Å². The minimum atomic E-state index is 0.354. The van der Waals surface area contributed by atoms with Crippen molar-refractivity contribution in [1.29, 1.82) is 5.26 Å². The summed E-state index contributed by atoms with van der Waals surface area (Å²) in [6.45, 7) is 1.02. The van der Waals surface area contributed by atoms with Crippen molar-refractivity contribution >= 4 is 0 Å². The van der Waals surface area contributed by atoms with Gasteiger partial charge in [0.15, 0.2) is 0 Å². The highest BCUT2D eigenvalue weighted by atomic mass is 16.5. The smallest absolute Gasteiger partial charge is 0.123 e. The van der Waals surface area contributed by atoms with Gasteiger partial charge in [-0.15, -0.1) is 0 Å². The number of hydrogen-bond donors (Lipinski definition) is 0. The Kier molecular flexibility index (Phi) is 4.97. The lowest BCUT2D eigenvalue weighted by Crippen LogP contribution is -2.14. The second kappa shape index (κ2) is 7.32. The lowest BCUT2D eigenvalue weighted by molar-refractivity contribution is 0.308. The molecule has 1 aliphatic rings. The molecule has 0 N–H and O–H groups in total. The minimum absolute atomic E-state index is 0.354. The van der Waals surface area contributed by atoms with Crippen LogP contribution in [0.5, 0.6) is 5.75 Å². The van der Waals surface area contributed by atoms with Gasteiger partial charge in [0.1, 0.15) is 5.75 Å². The molecule has 0 aliphatic heterocycles. The largest absolute Gasteiger partial charge is 0.496 e. The normalized spacial score (nSPS) is 15.3. The lowest BCUT2D eigenvalue weighted by atomic mass is 9.89. The zero-order valence-electron chi connectivity index (χ0n) is 13.7. The van der Waals surface area contributed by atoms with Crippen LogP contribution in [0.3, 0.4) is 0 Å². The zero-order chi connectivity index (χ0) is 16.1. The summed E-state index contributed by atoms with van der Waals surface area (Å²) in [5.74, 6) is 1.53. The maximum atomic E-state index is 8.97. The van der Waals surface area contributed by atoms with E-state index in [1.165, 1.54) is 32.1 Å². The van der Waals surface area contributed by atoms with Crippen LogP contribution >= 0.6 is 0 Å². The van der Waals surface area contributed by atoms with Crippen LogP contribution in [0, 0.1) is 17.2 Å². The number of nitrogens with zero attached hydrogens (tertiary/aromatic N) is 3. The SMILES string of the molecule is COc1ccc(-c2cnn(CC3CCCCC3)c2)cc1CC#N. The van der Waals surface area contributed by atoms with Crippen LogP contribution in [0.4, 0.5) is 0 Å². The zero-order valence-corrected chi connectivity index (χ0v) is 13.7. The van der Waals surface area contributed by atoms with Crippen LogP contribution in [-0.4, -0.2) is 16.9 Å². The van der Waals surface area contributed by atoms with Gasteiger partial charge in [-0.05, 0) is 36.5 Å². The molecule has 1 fully saturated rings. The summed E-state index contributed by atoms with van der Waals surface area (Å²) in [6.07, 6.45) is 11.1. The number of methoxy groups -OCH3 is 1. The van der Waals surface area contributed by atoms with Gasteiger partial charge < -0.3 is 4.74 Å². The fourth-order valence-corrected chi connectivity index (χ4v) is 3.43. The van der Waals surface area contributed by atoms with E-state index in [0.29, 0.717) is 6.42 Å². The van der Waals surface area contributed by atoms with Crippen molar-refractivity contribution in [2.45, 2.75) is 45.1 Å². The van der Waals surface area contributed by atoms with Crippen molar-refractivity contribution in [1.82, 2.24) is 9.78 Å². The molecule has 4 nitrogen and oxygen atoms in total. The second-order valence-electron chi connectivity index (χ2n) is 6.32. The third-order valence-corrected chi connectivity index (χ3v) is 4.69. The fourth-order valence-electron chi connectivity index (χ4n) is 3.43. The quantitative estimate of drug-likeness (QED) is 0.831. The van der Waals surface area contributed by atoms with E-state index in [1.54, 1.807) is 7.11 Å². The van der Waals surface area contributed by atoms with Crippen LogP contribution in [0.25, 0.3) is 11.1 Å². The molecule has 0 unspecified atom stereocenters. The molecule has 1 aliphatic carbocycles. The Morgan fingerprint density at radius 3 is 2.83 bits per heavy atom. The van der Waals surface area contributed by atoms with Crippen molar-refractivity contribution in [3.05, 3.63) is 36.2 Å². The summed E-state index contributed by atoms with van der Waals surface area (Å²) in [7, 11) is 1.64. The van der Waals surface area contributed by atoms with Crippen LogP contribution in [0.2, 0.25) is 0 Å². The third kappa shape index (κ3) is 3.73. The van der Waals surface area contributed by atoms with Crippen LogP contribution < -0.4 is 4.74 Å². The summed E-state index contributed by atoms with van der Waals surface area (Å²) in [6, 6.07) is 8.19. The molecule has 2 aromatic rings. The van der Waals surface area contributed by atoms with Crippen LogP contribution in [-0.2, 0) is 13.0 Å². The lowest BCUT2D eigenvalue weighted by Gasteiger charge is -2.21. The first-order chi connectivity index (χ1) is 11.3. The molecule has 3 rings (SSSR count).